The van der Waals surface area contributed by atoms with E-state index >= 15 is 0 Å². The molecular weight excluding hydrogens is 531 g/mol. The molecule has 11 heteroatoms. The highest BCUT2D eigenvalue weighted by atomic mass is 35.5. The number of thioether (sulfide) groups is 1. The quantitative estimate of drug-likeness (QED) is 0.138. The molecule has 0 bridgehead atoms. The lowest BCUT2D eigenvalue weighted by molar-refractivity contribution is -0.384. The Bertz CT molecular complexity index is 1380. The molecule has 1 fully saturated rings. The second kappa shape index (κ2) is 10.7. The van der Waals surface area contributed by atoms with Gasteiger partial charge in [-0.25, -0.2) is 0 Å². The van der Waals surface area contributed by atoms with E-state index in [2.05, 4.69) is 0 Å². The number of nitro groups is 1. The molecular formula is C24H16Cl2N2O5S2. The molecule has 1 aliphatic rings. The van der Waals surface area contributed by atoms with Crippen LogP contribution in [0.3, 0.4) is 0 Å². The first kappa shape index (κ1) is 25.0. The molecule has 0 aromatic heterocycles. The second-order valence-electron chi connectivity index (χ2n) is 7.20. The fraction of sp³-hybridized carbons (Fsp3) is 0.0833. The molecule has 1 aliphatic heterocycles. The number of para-hydroxylation sites is 1. The Labute approximate surface area is 220 Å². The van der Waals surface area contributed by atoms with E-state index in [4.69, 9.17) is 44.9 Å². The number of ether oxygens (including phenoxy) is 2. The number of rotatable bonds is 7. The third-order valence-electron chi connectivity index (χ3n) is 5.00. The lowest BCUT2D eigenvalue weighted by Crippen LogP contribution is -2.27. The fourth-order valence-electron chi connectivity index (χ4n) is 3.33. The van der Waals surface area contributed by atoms with Gasteiger partial charge in [0.2, 0.25) is 0 Å². The van der Waals surface area contributed by atoms with Crippen molar-refractivity contribution in [3.05, 3.63) is 96.9 Å². The van der Waals surface area contributed by atoms with Crippen LogP contribution >= 0.6 is 47.2 Å². The Kier molecular flexibility index (Phi) is 7.61. The van der Waals surface area contributed by atoms with Crippen molar-refractivity contribution >= 4 is 74.9 Å². The van der Waals surface area contributed by atoms with Crippen molar-refractivity contribution in [3.8, 4) is 11.5 Å². The Morgan fingerprint density at radius 2 is 1.91 bits per heavy atom. The monoisotopic (exact) mass is 546 g/mol. The average molecular weight is 547 g/mol. The molecule has 35 heavy (non-hydrogen) atoms. The standard InChI is InChI=1S/C24H16Cl2N2O5S2/c1-32-20-7-2-4-14(22(20)33-13-15-8-9-16(25)11-19(15)26)10-21-23(29)27(24(34)35-21)17-5-3-6-18(12-17)28(30)31/h2-12H,13H2,1H3/b21-10-. The molecule has 0 saturated carbocycles. The smallest absolute Gasteiger partial charge is 0.271 e. The number of carbonyl (C=O) groups is 1. The lowest BCUT2D eigenvalue weighted by Gasteiger charge is -2.15. The van der Waals surface area contributed by atoms with Crippen molar-refractivity contribution in [1.82, 2.24) is 0 Å². The zero-order valence-corrected chi connectivity index (χ0v) is 21.2. The third-order valence-corrected chi connectivity index (χ3v) is 6.88. The van der Waals surface area contributed by atoms with Gasteiger partial charge in [-0.2, -0.15) is 0 Å². The Morgan fingerprint density at radius 3 is 2.63 bits per heavy atom. The molecule has 0 unspecified atom stereocenters. The Hall–Kier alpha value is -3.11. The van der Waals surface area contributed by atoms with Crippen LogP contribution in [-0.4, -0.2) is 22.3 Å². The molecule has 3 aromatic carbocycles. The van der Waals surface area contributed by atoms with E-state index in [1.807, 2.05) is 0 Å². The number of anilines is 1. The van der Waals surface area contributed by atoms with Gasteiger partial charge in [-0.15, -0.1) is 0 Å². The number of thiocarbonyl (C=S) groups is 1. The van der Waals surface area contributed by atoms with Gasteiger partial charge in [-0.1, -0.05) is 71.4 Å². The van der Waals surface area contributed by atoms with E-state index < -0.39 is 10.8 Å². The predicted molar refractivity (Wildman–Crippen MR) is 143 cm³/mol. The molecule has 1 amide bonds. The van der Waals surface area contributed by atoms with E-state index in [9.17, 15) is 14.9 Å². The number of hydrogen-bond donors (Lipinski definition) is 0. The molecule has 0 spiro atoms. The maximum atomic E-state index is 13.2. The third kappa shape index (κ3) is 5.43. The van der Waals surface area contributed by atoms with Crippen LogP contribution in [0.4, 0.5) is 11.4 Å². The number of nitro benzene ring substituents is 1. The highest BCUT2D eigenvalue weighted by molar-refractivity contribution is 8.27. The van der Waals surface area contributed by atoms with E-state index in [1.54, 1.807) is 48.5 Å². The van der Waals surface area contributed by atoms with Gasteiger partial charge in [0.25, 0.3) is 11.6 Å². The van der Waals surface area contributed by atoms with Crippen molar-refractivity contribution in [2.75, 3.05) is 12.0 Å². The maximum Gasteiger partial charge on any atom is 0.271 e. The molecule has 4 rings (SSSR count). The van der Waals surface area contributed by atoms with Crippen LogP contribution in [-0.2, 0) is 11.4 Å². The fourth-order valence-corrected chi connectivity index (χ4v) is 5.08. The first-order valence-electron chi connectivity index (χ1n) is 10.0. The van der Waals surface area contributed by atoms with E-state index in [-0.39, 0.29) is 16.6 Å². The minimum atomic E-state index is -0.524. The number of carbonyl (C=O) groups excluding carboxylic acids is 1. The van der Waals surface area contributed by atoms with Gasteiger partial charge >= 0.3 is 0 Å². The van der Waals surface area contributed by atoms with Crippen LogP contribution in [0.5, 0.6) is 11.5 Å². The molecule has 1 heterocycles. The number of amides is 1. The van der Waals surface area contributed by atoms with Crippen molar-refractivity contribution in [2.24, 2.45) is 0 Å². The van der Waals surface area contributed by atoms with Crippen molar-refractivity contribution in [1.29, 1.82) is 0 Å². The number of halogens is 2. The summed E-state index contributed by atoms with van der Waals surface area (Å²) in [6.07, 6.45) is 1.65. The SMILES string of the molecule is COc1cccc(/C=C2\SC(=S)N(c3cccc([N+](=O)[O-])c3)C2=O)c1OCc1ccc(Cl)cc1Cl. The van der Waals surface area contributed by atoms with Gasteiger partial charge in [-0.05, 0) is 30.3 Å². The highest BCUT2D eigenvalue weighted by Crippen LogP contribution is 2.40. The topological polar surface area (TPSA) is 81.9 Å². The number of hydrogen-bond acceptors (Lipinski definition) is 7. The van der Waals surface area contributed by atoms with Gasteiger partial charge in [0.1, 0.15) is 6.61 Å². The van der Waals surface area contributed by atoms with E-state index in [1.165, 1.54) is 30.2 Å². The first-order valence-corrected chi connectivity index (χ1v) is 12.0. The van der Waals surface area contributed by atoms with Crippen LogP contribution < -0.4 is 14.4 Å². The van der Waals surface area contributed by atoms with Crippen LogP contribution in [0.1, 0.15) is 11.1 Å². The molecule has 0 radical (unpaired) electrons. The van der Waals surface area contributed by atoms with Crippen LogP contribution in [0.2, 0.25) is 10.0 Å². The molecule has 0 aliphatic carbocycles. The second-order valence-corrected chi connectivity index (χ2v) is 9.72. The summed E-state index contributed by atoms with van der Waals surface area (Å²) in [5, 5.41) is 12.1. The summed E-state index contributed by atoms with van der Waals surface area (Å²) >= 11 is 18.7. The van der Waals surface area contributed by atoms with Gasteiger partial charge in [-0.3, -0.25) is 19.8 Å². The molecule has 0 N–H and O–H groups in total. The summed E-state index contributed by atoms with van der Waals surface area (Å²) in [7, 11) is 1.52. The van der Waals surface area contributed by atoms with Gasteiger partial charge in [0.05, 0.1) is 22.6 Å². The number of benzene rings is 3. The minimum Gasteiger partial charge on any atom is -0.493 e. The number of nitrogens with zero attached hydrogens (tertiary/aromatic N) is 2. The molecule has 0 atom stereocenters. The highest BCUT2D eigenvalue weighted by Gasteiger charge is 2.34. The van der Waals surface area contributed by atoms with Crippen molar-refractivity contribution in [2.45, 2.75) is 6.61 Å². The van der Waals surface area contributed by atoms with Crippen LogP contribution in [0.25, 0.3) is 6.08 Å². The van der Waals surface area contributed by atoms with Gasteiger partial charge < -0.3 is 9.47 Å². The van der Waals surface area contributed by atoms with Gasteiger partial charge in [0.15, 0.2) is 15.8 Å². The normalized spacial score (nSPS) is 14.5. The molecule has 1 saturated heterocycles. The maximum absolute atomic E-state index is 13.2. The summed E-state index contributed by atoms with van der Waals surface area (Å²) in [4.78, 5) is 25.4. The zero-order valence-electron chi connectivity index (χ0n) is 18.1. The summed E-state index contributed by atoms with van der Waals surface area (Å²) < 4.78 is 11.8. The number of methoxy groups -OCH3 is 1. The van der Waals surface area contributed by atoms with Crippen LogP contribution in [0.15, 0.2) is 65.6 Å². The average Bonchev–Trinajstić information content (AvgIpc) is 3.11. The molecule has 7 nitrogen and oxygen atoms in total. The summed E-state index contributed by atoms with van der Waals surface area (Å²) in [6.45, 7) is 0.145. The van der Waals surface area contributed by atoms with Gasteiger partial charge in [0, 0.05) is 33.3 Å². The van der Waals surface area contributed by atoms with Crippen LogP contribution in [0, 0.1) is 10.1 Å². The summed E-state index contributed by atoms with van der Waals surface area (Å²) in [5.41, 5.74) is 1.51. The Morgan fingerprint density at radius 1 is 1.14 bits per heavy atom. The minimum absolute atomic E-state index is 0.134. The lowest BCUT2D eigenvalue weighted by atomic mass is 10.1. The van der Waals surface area contributed by atoms with Crippen molar-refractivity contribution in [3.63, 3.8) is 0 Å². The summed E-state index contributed by atoms with van der Waals surface area (Å²) in [6, 6.07) is 16.2. The van der Waals surface area contributed by atoms with Crippen molar-refractivity contribution < 1.29 is 19.2 Å². The zero-order chi connectivity index (χ0) is 25.1. The molecule has 3 aromatic rings. The predicted octanol–water partition coefficient (Wildman–Crippen LogP) is 6.90. The van der Waals surface area contributed by atoms with E-state index in [0.29, 0.717) is 37.7 Å². The summed E-state index contributed by atoms with van der Waals surface area (Å²) in [5.74, 6) is 0.495. The number of non-ortho nitro benzene ring substituents is 1. The van der Waals surface area contributed by atoms with E-state index in [0.717, 1.165) is 17.3 Å². The first-order chi connectivity index (χ1) is 16.8. The largest absolute Gasteiger partial charge is 0.493 e. The molecule has 178 valence electrons. The Balaban J connectivity index is 1.65.